The minimum atomic E-state index is -1.23. The Morgan fingerprint density at radius 2 is 2.00 bits per heavy atom. The van der Waals surface area contributed by atoms with Crippen LogP contribution >= 0.6 is 0 Å². The minimum absolute atomic E-state index is 0.0400. The van der Waals surface area contributed by atoms with Crippen LogP contribution in [-0.2, 0) is 28.1 Å². The number of carbonyl (C=O) groups excluding carboxylic acids is 3. The number of aliphatic hydroxyl groups is 1. The molecule has 8 nitrogen and oxygen atoms in total. The largest absolute Gasteiger partial charge is 0.501 e. The number of hydrogen-bond donors (Lipinski definition) is 2. The van der Waals surface area contributed by atoms with Crippen molar-refractivity contribution in [3.05, 3.63) is 64.5 Å². The van der Waals surface area contributed by atoms with Gasteiger partial charge in [-0.2, -0.15) is 0 Å². The molecule has 40 heavy (non-hydrogen) atoms. The topological polar surface area (TPSA) is 99.2 Å². The molecule has 0 spiro atoms. The summed E-state index contributed by atoms with van der Waals surface area (Å²) in [6, 6.07) is 10.1. The Morgan fingerprint density at radius 3 is 2.62 bits per heavy atom. The predicted molar refractivity (Wildman–Crippen MR) is 160 cm³/mol. The number of nitrogens with one attached hydrogen (secondary N) is 1. The van der Waals surface area contributed by atoms with Crippen LogP contribution in [-0.4, -0.2) is 88.7 Å². The Hall–Kier alpha value is -3.11. The first kappa shape index (κ1) is 31.4. The molecule has 1 heterocycles. The van der Waals surface area contributed by atoms with Gasteiger partial charge in [-0.25, -0.2) is 4.39 Å². The van der Waals surface area contributed by atoms with Crippen LogP contribution in [0.4, 0.5) is 4.39 Å². The number of aldehydes is 1. The van der Waals surface area contributed by atoms with Gasteiger partial charge in [0.1, 0.15) is 25.7 Å². The van der Waals surface area contributed by atoms with Gasteiger partial charge in [0.15, 0.2) is 15.7 Å². The average molecular weight is 549 g/mol. The molecule has 0 saturated heterocycles. The zero-order valence-corrected chi connectivity index (χ0v) is 24.4. The number of nitrogens with zero attached hydrogens (tertiary/aromatic N) is 2. The monoisotopic (exact) mass is 549 g/mol. The Bertz CT molecular complexity index is 1250. The second-order valence-corrected chi connectivity index (χ2v) is 11.5. The van der Waals surface area contributed by atoms with Crippen molar-refractivity contribution in [1.82, 2.24) is 15.1 Å². The molecule has 12 heteroatoms. The Labute approximate surface area is 238 Å². The normalized spacial score (nSPS) is 14.8. The molecule has 0 saturated carbocycles. The van der Waals surface area contributed by atoms with Crippen molar-refractivity contribution in [2.45, 2.75) is 50.6 Å². The number of halogens is 1. The fourth-order valence-electron chi connectivity index (χ4n) is 5.39. The summed E-state index contributed by atoms with van der Waals surface area (Å²) in [5.41, 5.74) is 1.08. The zero-order valence-electron chi connectivity index (χ0n) is 24.4. The highest BCUT2D eigenvalue weighted by Gasteiger charge is 2.46. The van der Waals surface area contributed by atoms with E-state index in [1.165, 1.54) is 18.0 Å². The van der Waals surface area contributed by atoms with Gasteiger partial charge in [0, 0.05) is 49.8 Å². The van der Waals surface area contributed by atoms with Crippen LogP contribution in [0.5, 0.6) is 5.75 Å². The van der Waals surface area contributed by atoms with E-state index in [2.05, 4.69) is 24.1 Å². The van der Waals surface area contributed by atoms with E-state index >= 15 is 4.39 Å². The molecule has 2 aromatic rings. The van der Waals surface area contributed by atoms with E-state index in [4.69, 9.17) is 4.74 Å². The first-order valence-corrected chi connectivity index (χ1v) is 13.8. The standard InChI is InChI=1S/C28H39B3FN3O5/c1-18(2)15-34(11-13-37)16-19-8-9-23(32)22(14-19)28(30,31)40-24-7-4-6-20-21(24)17-35(25(20)38)27(29,10-5-12-36)26(39)33-3/h4,6-9,12,14,18,37H,5,10-11,13,15-17,29-31H2,1-3H3,(H,33,39). The van der Waals surface area contributed by atoms with Crippen molar-refractivity contribution < 1.29 is 28.6 Å². The molecule has 3 rings (SSSR count). The number of carbonyl (C=O) groups is 3. The molecule has 0 radical (unpaired) electrons. The summed E-state index contributed by atoms with van der Waals surface area (Å²) in [5.74, 6) is -0.239. The molecule has 1 aliphatic rings. The van der Waals surface area contributed by atoms with Crippen molar-refractivity contribution in [2.24, 2.45) is 5.92 Å². The first-order valence-electron chi connectivity index (χ1n) is 13.8. The van der Waals surface area contributed by atoms with E-state index in [9.17, 15) is 19.5 Å². The lowest BCUT2D eigenvalue weighted by Crippen LogP contribution is -2.59. The van der Waals surface area contributed by atoms with E-state index < -0.39 is 16.7 Å². The molecule has 1 atom stereocenters. The number of likely N-dealkylation sites (N-methyl/N-ethyl adjacent to an activating group) is 1. The quantitative estimate of drug-likeness (QED) is 0.249. The molecule has 0 aliphatic carbocycles. The predicted octanol–water partition coefficient (Wildman–Crippen LogP) is -0.258. The molecular weight excluding hydrogens is 510 g/mol. The molecule has 0 bridgehead atoms. The van der Waals surface area contributed by atoms with Crippen LogP contribution in [0.2, 0.25) is 0 Å². The van der Waals surface area contributed by atoms with Crippen molar-refractivity contribution in [1.29, 1.82) is 0 Å². The van der Waals surface area contributed by atoms with Crippen molar-refractivity contribution in [2.75, 3.05) is 26.7 Å². The van der Waals surface area contributed by atoms with E-state index in [-0.39, 0.29) is 37.8 Å². The van der Waals surface area contributed by atoms with Crippen LogP contribution in [0.3, 0.4) is 0 Å². The summed E-state index contributed by atoms with van der Waals surface area (Å²) in [7, 11) is 6.72. The van der Waals surface area contributed by atoms with Crippen LogP contribution in [0, 0.1) is 11.7 Å². The van der Waals surface area contributed by atoms with E-state index in [1.54, 1.807) is 53.9 Å². The van der Waals surface area contributed by atoms with Gasteiger partial charge in [0.25, 0.3) is 5.91 Å². The first-order chi connectivity index (χ1) is 18.9. The SMILES string of the molecule is BC(B)(Oc1cccc2c1CN(C(B)(CCC=O)C(=O)NC)C2=O)c1cc(CN(CCO)CC(C)C)ccc1F. The molecule has 0 aromatic heterocycles. The Kier molecular flexibility index (Phi) is 10.2. The highest BCUT2D eigenvalue weighted by atomic mass is 19.1. The van der Waals surface area contributed by atoms with Gasteiger partial charge in [0.2, 0.25) is 5.91 Å². The van der Waals surface area contributed by atoms with Gasteiger partial charge in [-0.15, -0.1) is 0 Å². The third-order valence-electron chi connectivity index (χ3n) is 7.48. The highest BCUT2D eigenvalue weighted by molar-refractivity contribution is 6.39. The lowest BCUT2D eigenvalue weighted by molar-refractivity contribution is -0.127. The molecule has 0 fully saturated rings. The molecule has 2 N–H and O–H groups in total. The van der Waals surface area contributed by atoms with Gasteiger partial charge in [0.05, 0.1) is 24.0 Å². The second kappa shape index (κ2) is 13.0. The van der Waals surface area contributed by atoms with Crippen LogP contribution in [0.1, 0.15) is 53.7 Å². The number of benzene rings is 2. The third kappa shape index (κ3) is 6.78. The molecule has 2 amide bonds. The molecule has 212 valence electrons. The van der Waals surface area contributed by atoms with Gasteiger partial charge < -0.3 is 24.9 Å². The summed E-state index contributed by atoms with van der Waals surface area (Å²) >= 11 is 0. The summed E-state index contributed by atoms with van der Waals surface area (Å²) in [6.45, 7) is 6.27. The number of ether oxygens (including phenoxy) is 1. The molecule has 1 unspecified atom stereocenters. The number of amides is 2. The lowest BCUT2D eigenvalue weighted by atomic mass is 9.60. The number of hydrogen-bond acceptors (Lipinski definition) is 6. The van der Waals surface area contributed by atoms with Gasteiger partial charge >= 0.3 is 0 Å². The highest BCUT2D eigenvalue weighted by Crippen LogP contribution is 2.38. The van der Waals surface area contributed by atoms with Crippen LogP contribution in [0.25, 0.3) is 0 Å². The second-order valence-electron chi connectivity index (χ2n) is 11.5. The maximum Gasteiger partial charge on any atom is 0.254 e. The fourth-order valence-corrected chi connectivity index (χ4v) is 5.39. The summed E-state index contributed by atoms with van der Waals surface area (Å²) in [5, 5.41) is 11.0. The van der Waals surface area contributed by atoms with Gasteiger partial charge in [-0.3, -0.25) is 14.5 Å². The third-order valence-corrected chi connectivity index (χ3v) is 7.48. The van der Waals surface area contributed by atoms with Crippen LogP contribution in [0.15, 0.2) is 36.4 Å². The lowest BCUT2D eigenvalue weighted by Gasteiger charge is -2.37. The fraction of sp³-hybridized carbons (Fsp3) is 0.464. The number of fused-ring (bicyclic) bond motifs is 1. The van der Waals surface area contributed by atoms with Crippen molar-refractivity contribution >= 4 is 41.6 Å². The smallest absolute Gasteiger partial charge is 0.254 e. The summed E-state index contributed by atoms with van der Waals surface area (Å²) in [6.07, 6.45) is 1.04. The van der Waals surface area contributed by atoms with Crippen molar-refractivity contribution in [3.8, 4) is 5.75 Å². The van der Waals surface area contributed by atoms with Crippen molar-refractivity contribution in [3.63, 3.8) is 0 Å². The van der Waals surface area contributed by atoms with Crippen LogP contribution < -0.4 is 10.1 Å². The number of aliphatic hydroxyl groups excluding tert-OH is 1. The number of rotatable bonds is 14. The van der Waals surface area contributed by atoms with E-state index in [0.29, 0.717) is 41.4 Å². The van der Waals surface area contributed by atoms with E-state index in [0.717, 1.165) is 18.4 Å². The Morgan fingerprint density at radius 1 is 1.27 bits per heavy atom. The Balaban J connectivity index is 1.92. The minimum Gasteiger partial charge on any atom is -0.501 e. The summed E-state index contributed by atoms with van der Waals surface area (Å²) < 4.78 is 21.6. The molecule has 1 aliphatic heterocycles. The maximum atomic E-state index is 15.2. The maximum absolute atomic E-state index is 15.2. The summed E-state index contributed by atoms with van der Waals surface area (Å²) in [4.78, 5) is 41.0. The zero-order chi connectivity index (χ0) is 29.7. The van der Waals surface area contributed by atoms with E-state index in [1.807, 2.05) is 0 Å². The van der Waals surface area contributed by atoms with Gasteiger partial charge in [-0.1, -0.05) is 26.0 Å². The average Bonchev–Trinajstić information content (AvgIpc) is 3.25. The van der Waals surface area contributed by atoms with Gasteiger partial charge in [-0.05, 0) is 42.2 Å². The molecule has 2 aromatic carbocycles. The molecular formula is C28H39B3FN3O5.